The monoisotopic (exact) mass is 489 g/mol. The van der Waals surface area contributed by atoms with Gasteiger partial charge in [0.1, 0.15) is 6.61 Å². The summed E-state index contributed by atoms with van der Waals surface area (Å²) in [6.07, 6.45) is 3.44. The lowest BCUT2D eigenvalue weighted by Crippen LogP contribution is -2.29. The molecular formula is C23H24BrNO4S. The van der Waals surface area contributed by atoms with Crippen molar-refractivity contribution in [3.63, 3.8) is 0 Å². The van der Waals surface area contributed by atoms with Crippen molar-refractivity contribution in [2.24, 2.45) is 0 Å². The van der Waals surface area contributed by atoms with Crippen molar-refractivity contribution < 1.29 is 19.1 Å². The largest absolute Gasteiger partial charge is 0.493 e. The van der Waals surface area contributed by atoms with Crippen LogP contribution >= 0.6 is 27.7 Å². The van der Waals surface area contributed by atoms with E-state index in [9.17, 15) is 9.59 Å². The highest BCUT2D eigenvalue weighted by molar-refractivity contribution is 9.10. The first-order chi connectivity index (χ1) is 14.4. The van der Waals surface area contributed by atoms with E-state index in [0.29, 0.717) is 29.6 Å². The molecule has 5 nitrogen and oxygen atoms in total. The number of amides is 2. The number of aryl methyl sites for hydroxylation is 1. The Morgan fingerprint density at radius 2 is 1.87 bits per heavy atom. The second kappa shape index (κ2) is 10.2. The molecule has 0 radical (unpaired) electrons. The Hall–Kier alpha value is -2.25. The van der Waals surface area contributed by atoms with E-state index in [0.717, 1.165) is 40.2 Å². The summed E-state index contributed by atoms with van der Waals surface area (Å²) in [7, 11) is 1.57. The lowest BCUT2D eigenvalue weighted by molar-refractivity contribution is -0.122. The molecule has 1 saturated heterocycles. The van der Waals surface area contributed by atoms with Crippen molar-refractivity contribution in [3.8, 4) is 11.5 Å². The number of benzene rings is 2. The lowest BCUT2D eigenvalue weighted by Gasteiger charge is -2.13. The predicted octanol–water partition coefficient (Wildman–Crippen LogP) is 6.18. The summed E-state index contributed by atoms with van der Waals surface area (Å²) in [5, 5.41) is -0.221. The van der Waals surface area contributed by atoms with Gasteiger partial charge in [0.15, 0.2) is 11.5 Å². The predicted molar refractivity (Wildman–Crippen MR) is 124 cm³/mol. The second-order valence-electron chi connectivity index (χ2n) is 6.99. The number of hydrogen-bond acceptors (Lipinski definition) is 5. The Morgan fingerprint density at radius 3 is 2.53 bits per heavy atom. The van der Waals surface area contributed by atoms with Crippen LogP contribution in [0.15, 0.2) is 45.8 Å². The zero-order chi connectivity index (χ0) is 21.7. The van der Waals surface area contributed by atoms with E-state index < -0.39 is 0 Å². The number of hydrogen-bond donors (Lipinski definition) is 0. The van der Waals surface area contributed by atoms with E-state index in [2.05, 4.69) is 15.9 Å². The van der Waals surface area contributed by atoms with E-state index >= 15 is 0 Å². The van der Waals surface area contributed by atoms with Gasteiger partial charge < -0.3 is 9.47 Å². The number of carbonyl (C=O) groups excluding carboxylic acids is 2. The van der Waals surface area contributed by atoms with Crippen LogP contribution in [0.4, 0.5) is 4.79 Å². The summed E-state index contributed by atoms with van der Waals surface area (Å²) in [6, 6.07) is 11.8. The van der Waals surface area contributed by atoms with Crippen LogP contribution in [0.3, 0.4) is 0 Å². The van der Waals surface area contributed by atoms with Crippen molar-refractivity contribution in [1.82, 2.24) is 4.90 Å². The number of nitrogens with zero attached hydrogens (tertiary/aromatic N) is 1. The second-order valence-corrected chi connectivity index (χ2v) is 8.83. The molecule has 1 aliphatic rings. The van der Waals surface area contributed by atoms with Crippen LogP contribution < -0.4 is 9.47 Å². The molecule has 30 heavy (non-hydrogen) atoms. The Balaban J connectivity index is 1.80. The van der Waals surface area contributed by atoms with Crippen LogP contribution in [-0.2, 0) is 11.4 Å². The van der Waals surface area contributed by atoms with Gasteiger partial charge in [0.25, 0.3) is 11.1 Å². The molecule has 0 unspecified atom stereocenters. The molecule has 1 aliphatic heterocycles. The molecule has 0 aromatic heterocycles. The number of imide groups is 1. The summed E-state index contributed by atoms with van der Waals surface area (Å²) in [4.78, 5) is 26.5. The third-order valence-electron chi connectivity index (χ3n) is 4.69. The van der Waals surface area contributed by atoms with E-state index in [-0.39, 0.29) is 11.1 Å². The van der Waals surface area contributed by atoms with Gasteiger partial charge in [0.2, 0.25) is 0 Å². The topological polar surface area (TPSA) is 55.8 Å². The number of ether oxygens (including phenoxy) is 2. The van der Waals surface area contributed by atoms with E-state index in [1.54, 1.807) is 19.3 Å². The van der Waals surface area contributed by atoms with E-state index in [1.165, 1.54) is 10.5 Å². The molecule has 1 fully saturated rings. The van der Waals surface area contributed by atoms with Gasteiger partial charge in [-0.3, -0.25) is 14.5 Å². The summed E-state index contributed by atoms with van der Waals surface area (Å²) >= 11 is 4.51. The van der Waals surface area contributed by atoms with Gasteiger partial charge in [-0.05, 0) is 54.4 Å². The highest BCUT2D eigenvalue weighted by atomic mass is 79.9. The third-order valence-corrected chi connectivity index (χ3v) is 6.29. The van der Waals surface area contributed by atoms with Crippen molar-refractivity contribution in [2.75, 3.05) is 13.7 Å². The summed E-state index contributed by atoms with van der Waals surface area (Å²) in [6.45, 7) is 4.94. The number of unbranched alkanes of at least 4 members (excludes halogenated alkanes) is 1. The van der Waals surface area contributed by atoms with Crippen LogP contribution in [0.5, 0.6) is 11.5 Å². The maximum atomic E-state index is 12.6. The van der Waals surface area contributed by atoms with Crippen molar-refractivity contribution in [2.45, 2.75) is 33.3 Å². The maximum Gasteiger partial charge on any atom is 0.293 e. The summed E-state index contributed by atoms with van der Waals surface area (Å²) in [5.41, 5.74) is 3.00. The number of thioether (sulfide) groups is 1. The van der Waals surface area contributed by atoms with Crippen LogP contribution in [0.25, 0.3) is 6.08 Å². The molecule has 2 aromatic rings. The highest BCUT2D eigenvalue weighted by Gasteiger charge is 2.34. The smallest absolute Gasteiger partial charge is 0.293 e. The van der Waals surface area contributed by atoms with Gasteiger partial charge in [-0.15, -0.1) is 0 Å². The molecule has 2 amide bonds. The quantitative estimate of drug-likeness (QED) is 0.414. The van der Waals surface area contributed by atoms with Gasteiger partial charge in [-0.1, -0.05) is 59.1 Å². The van der Waals surface area contributed by atoms with Crippen LogP contribution in [-0.4, -0.2) is 29.7 Å². The fraction of sp³-hybridized carbons (Fsp3) is 0.304. The van der Waals surface area contributed by atoms with Gasteiger partial charge in [0, 0.05) is 11.0 Å². The zero-order valence-corrected chi connectivity index (χ0v) is 19.6. The summed E-state index contributed by atoms with van der Waals surface area (Å²) < 4.78 is 12.2. The molecule has 0 N–H and O–H groups in total. The minimum atomic E-state index is -0.246. The number of rotatable bonds is 8. The summed E-state index contributed by atoms with van der Waals surface area (Å²) in [5.74, 6) is 0.906. The minimum Gasteiger partial charge on any atom is -0.493 e. The number of carbonyl (C=O) groups is 2. The van der Waals surface area contributed by atoms with Gasteiger partial charge in [-0.25, -0.2) is 0 Å². The Labute approximate surface area is 189 Å². The molecule has 1 heterocycles. The van der Waals surface area contributed by atoms with Crippen LogP contribution in [0, 0.1) is 6.92 Å². The molecule has 0 aliphatic carbocycles. The molecule has 0 atom stereocenters. The minimum absolute atomic E-state index is 0.221. The van der Waals surface area contributed by atoms with E-state index in [1.807, 2.05) is 44.2 Å². The Kier molecular flexibility index (Phi) is 7.61. The number of methoxy groups -OCH3 is 1. The number of halogens is 1. The molecule has 3 rings (SSSR count). The Morgan fingerprint density at radius 1 is 1.13 bits per heavy atom. The average Bonchev–Trinajstić information content (AvgIpc) is 3.00. The molecule has 0 bridgehead atoms. The van der Waals surface area contributed by atoms with E-state index in [4.69, 9.17) is 9.47 Å². The van der Waals surface area contributed by atoms with Gasteiger partial charge >= 0.3 is 0 Å². The van der Waals surface area contributed by atoms with Gasteiger partial charge in [-0.2, -0.15) is 0 Å². The van der Waals surface area contributed by atoms with Crippen molar-refractivity contribution in [1.29, 1.82) is 0 Å². The first-order valence-corrected chi connectivity index (χ1v) is 11.3. The van der Waals surface area contributed by atoms with Crippen LogP contribution in [0.1, 0.15) is 36.5 Å². The first kappa shape index (κ1) is 22.4. The van der Waals surface area contributed by atoms with Crippen molar-refractivity contribution in [3.05, 3.63) is 62.5 Å². The maximum absolute atomic E-state index is 12.6. The van der Waals surface area contributed by atoms with Gasteiger partial charge in [0.05, 0.1) is 12.0 Å². The molecule has 7 heteroatoms. The zero-order valence-electron chi connectivity index (χ0n) is 17.2. The fourth-order valence-corrected chi connectivity index (χ4v) is 4.22. The van der Waals surface area contributed by atoms with Crippen LogP contribution in [0.2, 0.25) is 0 Å². The first-order valence-electron chi connectivity index (χ1n) is 9.74. The third kappa shape index (κ3) is 5.26. The average molecular weight is 490 g/mol. The fourth-order valence-electron chi connectivity index (χ4n) is 2.93. The molecular weight excluding hydrogens is 466 g/mol. The lowest BCUT2D eigenvalue weighted by atomic mass is 10.1. The van der Waals surface area contributed by atoms with Crippen molar-refractivity contribution >= 4 is 44.9 Å². The molecule has 0 saturated carbocycles. The molecule has 2 aromatic carbocycles. The SMILES string of the molecule is CCCCN1C(=O)S/C(=C\c2cc(OC)c(OCc3ccc(C)cc3)cc2Br)C1=O. The molecule has 158 valence electrons. The molecule has 0 spiro atoms. The Bertz CT molecular complexity index is 972. The standard InChI is InChI=1S/C23H24BrNO4S/c1-4-5-10-25-22(26)21(30-23(25)27)12-17-11-19(28-3)20(13-18(17)24)29-14-16-8-6-15(2)7-9-16/h6-9,11-13H,4-5,10,14H2,1-3H3/b21-12-. The highest BCUT2D eigenvalue weighted by Crippen LogP contribution is 2.38. The normalized spacial score (nSPS) is 15.2.